The van der Waals surface area contributed by atoms with E-state index in [9.17, 15) is 0 Å². The Labute approximate surface area is 135 Å². The van der Waals surface area contributed by atoms with Gasteiger partial charge in [-0.3, -0.25) is 0 Å². The molecule has 1 unspecified atom stereocenters. The summed E-state index contributed by atoms with van der Waals surface area (Å²) < 4.78 is 5.13. The van der Waals surface area contributed by atoms with Gasteiger partial charge in [-0.15, -0.1) is 0 Å². The molecule has 0 spiro atoms. The maximum absolute atomic E-state index is 6.26. The Bertz CT molecular complexity index is 601. The van der Waals surface area contributed by atoms with Crippen LogP contribution in [-0.4, -0.2) is 7.11 Å². The van der Waals surface area contributed by atoms with Crippen molar-refractivity contribution in [3.05, 3.63) is 62.6 Å². The van der Waals surface area contributed by atoms with Crippen LogP contribution < -0.4 is 4.74 Å². The van der Waals surface area contributed by atoms with Crippen molar-refractivity contribution in [2.45, 2.75) is 4.83 Å². The van der Waals surface area contributed by atoms with E-state index in [4.69, 9.17) is 39.5 Å². The van der Waals surface area contributed by atoms with Crippen LogP contribution in [0.2, 0.25) is 15.1 Å². The van der Waals surface area contributed by atoms with Crippen LogP contribution in [0.15, 0.2) is 36.4 Å². The van der Waals surface area contributed by atoms with Crippen LogP contribution in [0.4, 0.5) is 0 Å². The molecule has 0 saturated heterocycles. The maximum Gasteiger partial charge on any atom is 0.120 e. The number of hydrogen-bond donors (Lipinski definition) is 0. The number of rotatable bonds is 3. The number of methoxy groups -OCH3 is 1. The molecule has 0 fully saturated rings. The quantitative estimate of drug-likeness (QED) is 0.581. The summed E-state index contributed by atoms with van der Waals surface area (Å²) in [6.07, 6.45) is 0. The third-order valence-corrected chi connectivity index (χ3v) is 4.88. The molecule has 0 saturated carbocycles. The van der Waals surface area contributed by atoms with Gasteiger partial charge in [0, 0.05) is 5.02 Å². The lowest BCUT2D eigenvalue weighted by Crippen LogP contribution is -1.96. The SMILES string of the molecule is COc1ccc(C(Br)c2cccc(Cl)c2Cl)c(Cl)c1. The maximum atomic E-state index is 6.26. The van der Waals surface area contributed by atoms with Crippen molar-refractivity contribution >= 4 is 50.7 Å². The van der Waals surface area contributed by atoms with Crippen molar-refractivity contribution < 1.29 is 4.74 Å². The summed E-state index contributed by atoms with van der Waals surface area (Å²) in [5.41, 5.74) is 1.79. The molecule has 0 aliphatic rings. The fourth-order valence-electron chi connectivity index (χ4n) is 1.72. The zero-order chi connectivity index (χ0) is 14.0. The van der Waals surface area contributed by atoms with Gasteiger partial charge in [0.05, 0.1) is 22.0 Å². The van der Waals surface area contributed by atoms with Gasteiger partial charge < -0.3 is 4.74 Å². The second-order valence-electron chi connectivity index (χ2n) is 3.89. The van der Waals surface area contributed by atoms with Crippen LogP contribution >= 0.6 is 50.7 Å². The summed E-state index contributed by atoms with van der Waals surface area (Å²) in [4.78, 5) is -0.128. The number of alkyl halides is 1. The minimum atomic E-state index is -0.128. The Morgan fingerprint density at radius 2 is 1.74 bits per heavy atom. The summed E-state index contributed by atoms with van der Waals surface area (Å²) in [7, 11) is 1.60. The molecule has 0 aliphatic carbocycles. The molecule has 2 rings (SSSR count). The van der Waals surface area contributed by atoms with Crippen molar-refractivity contribution in [1.82, 2.24) is 0 Å². The molecule has 2 aromatic rings. The molecule has 0 aliphatic heterocycles. The highest BCUT2D eigenvalue weighted by Gasteiger charge is 2.18. The molecule has 5 heteroatoms. The van der Waals surface area contributed by atoms with Gasteiger partial charge in [-0.1, -0.05) is 68.9 Å². The monoisotopic (exact) mass is 378 g/mol. The Morgan fingerprint density at radius 3 is 2.37 bits per heavy atom. The zero-order valence-corrected chi connectivity index (χ0v) is 13.8. The summed E-state index contributed by atoms with van der Waals surface area (Å²) in [6.45, 7) is 0. The van der Waals surface area contributed by atoms with E-state index in [1.807, 2.05) is 24.3 Å². The first kappa shape index (κ1) is 15.0. The van der Waals surface area contributed by atoms with Crippen molar-refractivity contribution in [3.63, 3.8) is 0 Å². The van der Waals surface area contributed by atoms with Crippen LogP contribution in [0.5, 0.6) is 5.75 Å². The topological polar surface area (TPSA) is 9.23 Å². The second kappa shape index (κ2) is 6.36. The van der Waals surface area contributed by atoms with Gasteiger partial charge in [0.25, 0.3) is 0 Å². The van der Waals surface area contributed by atoms with E-state index in [0.717, 1.165) is 11.1 Å². The van der Waals surface area contributed by atoms with Gasteiger partial charge in [0.15, 0.2) is 0 Å². The van der Waals surface area contributed by atoms with E-state index < -0.39 is 0 Å². The van der Waals surface area contributed by atoms with E-state index in [1.54, 1.807) is 19.2 Å². The molecule has 0 radical (unpaired) electrons. The molecule has 1 atom stereocenters. The molecular weight excluding hydrogens is 370 g/mol. The van der Waals surface area contributed by atoms with E-state index in [2.05, 4.69) is 15.9 Å². The number of halogens is 4. The fraction of sp³-hybridized carbons (Fsp3) is 0.143. The Hall–Kier alpha value is -0.410. The first-order valence-corrected chi connectivity index (χ1v) is 7.51. The van der Waals surface area contributed by atoms with Crippen molar-refractivity contribution in [2.75, 3.05) is 7.11 Å². The first-order valence-electron chi connectivity index (χ1n) is 5.46. The average molecular weight is 380 g/mol. The van der Waals surface area contributed by atoms with Crippen LogP contribution in [0.3, 0.4) is 0 Å². The summed E-state index contributed by atoms with van der Waals surface area (Å²) in [5, 5.41) is 1.66. The predicted octanol–water partition coefficient (Wildman–Crippen LogP) is 6.14. The zero-order valence-electron chi connectivity index (χ0n) is 9.96. The van der Waals surface area contributed by atoms with E-state index >= 15 is 0 Å². The Balaban J connectivity index is 2.44. The second-order valence-corrected chi connectivity index (χ2v) is 6.00. The molecule has 19 heavy (non-hydrogen) atoms. The normalized spacial score (nSPS) is 12.3. The summed E-state index contributed by atoms with van der Waals surface area (Å²) in [6, 6.07) is 11.0. The van der Waals surface area contributed by atoms with Crippen molar-refractivity contribution in [2.24, 2.45) is 0 Å². The minimum absolute atomic E-state index is 0.128. The molecule has 0 bridgehead atoms. The summed E-state index contributed by atoms with van der Waals surface area (Å²) >= 11 is 22.1. The highest BCUT2D eigenvalue weighted by atomic mass is 79.9. The molecule has 0 N–H and O–H groups in total. The van der Waals surface area contributed by atoms with Crippen molar-refractivity contribution in [3.8, 4) is 5.75 Å². The van der Waals surface area contributed by atoms with Crippen molar-refractivity contribution in [1.29, 1.82) is 0 Å². The van der Waals surface area contributed by atoms with Crippen LogP contribution in [-0.2, 0) is 0 Å². The van der Waals surface area contributed by atoms with E-state index in [-0.39, 0.29) is 4.83 Å². The van der Waals surface area contributed by atoms with E-state index in [1.165, 1.54) is 0 Å². The van der Waals surface area contributed by atoms with Crippen LogP contribution in [0, 0.1) is 0 Å². The largest absolute Gasteiger partial charge is 0.497 e. The Morgan fingerprint density at radius 1 is 1.00 bits per heavy atom. The standard InChI is InChI=1S/C14H10BrCl3O/c1-19-8-5-6-9(12(17)7-8)13(15)10-3-2-4-11(16)14(10)18/h2-7,13H,1H3. The number of benzene rings is 2. The highest BCUT2D eigenvalue weighted by Crippen LogP contribution is 2.41. The molecule has 100 valence electrons. The van der Waals surface area contributed by atoms with Gasteiger partial charge in [-0.05, 0) is 29.3 Å². The fourth-order valence-corrected chi connectivity index (χ4v) is 3.47. The smallest absolute Gasteiger partial charge is 0.120 e. The van der Waals surface area contributed by atoms with Gasteiger partial charge in [0.1, 0.15) is 5.75 Å². The van der Waals surface area contributed by atoms with Gasteiger partial charge >= 0.3 is 0 Å². The number of hydrogen-bond acceptors (Lipinski definition) is 1. The van der Waals surface area contributed by atoms with Gasteiger partial charge in [0.2, 0.25) is 0 Å². The molecule has 2 aromatic carbocycles. The molecule has 0 amide bonds. The van der Waals surface area contributed by atoms with Gasteiger partial charge in [-0.25, -0.2) is 0 Å². The third-order valence-electron chi connectivity index (χ3n) is 2.74. The summed E-state index contributed by atoms with van der Waals surface area (Å²) in [5.74, 6) is 0.714. The molecule has 1 nitrogen and oxygen atoms in total. The average Bonchev–Trinajstić information content (AvgIpc) is 2.41. The molecule has 0 heterocycles. The lowest BCUT2D eigenvalue weighted by molar-refractivity contribution is 0.414. The molecular formula is C14H10BrCl3O. The predicted molar refractivity (Wildman–Crippen MR) is 85.2 cm³/mol. The molecule has 0 aromatic heterocycles. The van der Waals surface area contributed by atoms with Gasteiger partial charge in [-0.2, -0.15) is 0 Å². The first-order chi connectivity index (χ1) is 9.04. The minimum Gasteiger partial charge on any atom is -0.497 e. The Kier molecular flexibility index (Phi) is 5.02. The third kappa shape index (κ3) is 3.19. The van der Waals surface area contributed by atoms with Crippen LogP contribution in [0.1, 0.15) is 16.0 Å². The lowest BCUT2D eigenvalue weighted by Gasteiger charge is -2.15. The van der Waals surface area contributed by atoms with Crippen LogP contribution in [0.25, 0.3) is 0 Å². The highest BCUT2D eigenvalue weighted by molar-refractivity contribution is 9.09. The number of ether oxygens (including phenoxy) is 1. The van der Waals surface area contributed by atoms with E-state index in [0.29, 0.717) is 20.8 Å². The lowest BCUT2D eigenvalue weighted by atomic mass is 10.0.